The fourth-order valence-electron chi connectivity index (χ4n) is 3.46. The van der Waals surface area contributed by atoms with E-state index in [1.807, 2.05) is 12.1 Å². The number of likely N-dealkylation sites (tertiary alicyclic amines) is 2. The number of amides is 1. The predicted octanol–water partition coefficient (Wildman–Crippen LogP) is 2.88. The zero-order valence-corrected chi connectivity index (χ0v) is 12.3. The van der Waals surface area contributed by atoms with Gasteiger partial charge >= 0.3 is 6.09 Å². The minimum Gasteiger partial charge on any atom is -0.465 e. The number of carbonyl (C=O) groups is 1. The third-order valence-electron chi connectivity index (χ3n) is 4.55. The Morgan fingerprint density at radius 1 is 1.35 bits per heavy atom. The van der Waals surface area contributed by atoms with Gasteiger partial charge in [0.2, 0.25) is 0 Å². The summed E-state index contributed by atoms with van der Waals surface area (Å²) in [4.78, 5) is 15.1. The van der Waals surface area contributed by atoms with Gasteiger partial charge in [0, 0.05) is 36.7 Å². The molecule has 0 spiro atoms. The van der Waals surface area contributed by atoms with Gasteiger partial charge in [0.1, 0.15) is 0 Å². The summed E-state index contributed by atoms with van der Waals surface area (Å²) in [6, 6.07) is 8.59. The van der Waals surface area contributed by atoms with Crippen molar-refractivity contribution in [3.05, 3.63) is 34.9 Å². The number of hydrogen-bond acceptors (Lipinski definition) is 2. The van der Waals surface area contributed by atoms with Gasteiger partial charge in [0.15, 0.2) is 0 Å². The van der Waals surface area contributed by atoms with Crippen LogP contribution in [-0.4, -0.2) is 52.7 Å². The van der Waals surface area contributed by atoms with Crippen LogP contribution in [0.15, 0.2) is 24.3 Å². The Morgan fingerprint density at radius 2 is 2.05 bits per heavy atom. The molecule has 2 fully saturated rings. The van der Waals surface area contributed by atoms with Gasteiger partial charge in [-0.2, -0.15) is 0 Å². The fourth-order valence-corrected chi connectivity index (χ4v) is 3.58. The molecule has 2 saturated heterocycles. The molecule has 1 aromatic carbocycles. The lowest BCUT2D eigenvalue weighted by Crippen LogP contribution is -2.49. The van der Waals surface area contributed by atoms with Crippen LogP contribution in [0.25, 0.3) is 0 Å². The molecule has 20 heavy (non-hydrogen) atoms. The molecule has 1 N–H and O–H groups in total. The van der Waals surface area contributed by atoms with Crippen molar-refractivity contribution in [3.8, 4) is 0 Å². The number of nitrogens with zero attached hydrogens (tertiary/aromatic N) is 2. The topological polar surface area (TPSA) is 43.8 Å². The van der Waals surface area contributed by atoms with E-state index in [0.717, 1.165) is 24.5 Å². The molecule has 3 rings (SSSR count). The van der Waals surface area contributed by atoms with E-state index in [9.17, 15) is 4.79 Å². The Morgan fingerprint density at radius 3 is 2.60 bits per heavy atom. The van der Waals surface area contributed by atoms with Gasteiger partial charge in [-0.25, -0.2) is 4.79 Å². The lowest BCUT2D eigenvalue weighted by Gasteiger charge is -2.34. The molecule has 5 heteroatoms. The molecular weight excluding hydrogens is 276 g/mol. The maximum Gasteiger partial charge on any atom is 0.407 e. The van der Waals surface area contributed by atoms with Gasteiger partial charge in [-0.05, 0) is 30.0 Å². The molecule has 0 radical (unpaired) electrons. The first-order chi connectivity index (χ1) is 9.54. The van der Waals surface area contributed by atoms with Gasteiger partial charge in [-0.1, -0.05) is 30.7 Å². The zero-order chi connectivity index (χ0) is 14.3. The maximum atomic E-state index is 11.1. The molecule has 3 unspecified atom stereocenters. The van der Waals surface area contributed by atoms with Crippen LogP contribution in [-0.2, 0) is 0 Å². The van der Waals surface area contributed by atoms with Crippen molar-refractivity contribution in [3.63, 3.8) is 0 Å². The summed E-state index contributed by atoms with van der Waals surface area (Å²) < 4.78 is 0. The van der Waals surface area contributed by atoms with Gasteiger partial charge < -0.3 is 10.0 Å². The molecule has 108 valence electrons. The van der Waals surface area contributed by atoms with Crippen molar-refractivity contribution < 1.29 is 9.90 Å². The van der Waals surface area contributed by atoms with E-state index in [1.165, 1.54) is 5.56 Å². The highest BCUT2D eigenvalue weighted by atomic mass is 35.5. The second-order valence-electron chi connectivity index (χ2n) is 5.88. The van der Waals surface area contributed by atoms with Crippen LogP contribution in [0.2, 0.25) is 5.02 Å². The summed E-state index contributed by atoms with van der Waals surface area (Å²) in [5, 5.41) is 9.86. The van der Waals surface area contributed by atoms with Crippen LogP contribution in [0.4, 0.5) is 4.79 Å². The second-order valence-corrected chi connectivity index (χ2v) is 6.32. The molecular formula is C15H19ClN2O2. The molecule has 0 saturated carbocycles. The molecule has 1 amide bonds. The summed E-state index contributed by atoms with van der Waals surface area (Å²) in [7, 11) is 0. The molecule has 4 nitrogen and oxygen atoms in total. The first-order valence-corrected chi connectivity index (χ1v) is 7.41. The predicted molar refractivity (Wildman–Crippen MR) is 78.4 cm³/mol. The van der Waals surface area contributed by atoms with E-state index >= 15 is 0 Å². The number of benzene rings is 1. The molecule has 3 atom stereocenters. The van der Waals surface area contributed by atoms with Crippen molar-refractivity contribution in [2.75, 3.05) is 19.6 Å². The van der Waals surface area contributed by atoms with E-state index in [4.69, 9.17) is 16.7 Å². The van der Waals surface area contributed by atoms with E-state index in [1.54, 1.807) is 4.90 Å². The minimum atomic E-state index is -0.775. The lowest BCUT2D eigenvalue weighted by molar-refractivity contribution is 0.101. The van der Waals surface area contributed by atoms with Gasteiger partial charge in [0.05, 0.1) is 0 Å². The molecule has 1 aromatic rings. The van der Waals surface area contributed by atoms with Crippen LogP contribution in [0.1, 0.15) is 24.8 Å². The van der Waals surface area contributed by atoms with E-state index < -0.39 is 6.09 Å². The Hall–Kier alpha value is -1.26. The summed E-state index contributed by atoms with van der Waals surface area (Å²) in [6.45, 7) is 4.72. The molecule has 2 aliphatic rings. The number of hydrogen-bond donors (Lipinski definition) is 1. The number of piperazine rings is 1. The largest absolute Gasteiger partial charge is 0.465 e. The third kappa shape index (κ3) is 2.50. The van der Waals surface area contributed by atoms with Crippen LogP contribution in [0, 0.1) is 0 Å². The number of halogens is 1. The molecule has 2 bridgehead atoms. The summed E-state index contributed by atoms with van der Waals surface area (Å²) in [5.74, 6) is 0.435. The quantitative estimate of drug-likeness (QED) is 0.932. The normalized spacial score (nSPS) is 27.0. The second kappa shape index (κ2) is 5.26. The van der Waals surface area contributed by atoms with Crippen molar-refractivity contribution in [2.45, 2.75) is 31.3 Å². The van der Waals surface area contributed by atoms with Gasteiger partial charge in [0.25, 0.3) is 0 Å². The standard InChI is InChI=1S/C15H19ClN2O2/c1-10(11-2-4-12(16)5-3-11)7-17-8-14-6-13(17)9-18(14)15(19)20/h2-5,10,13-14H,6-9H2,1H3,(H,19,20). The minimum absolute atomic E-state index is 0.190. The number of fused-ring (bicyclic) bond motifs is 2. The molecule has 0 aliphatic carbocycles. The Balaban J connectivity index is 1.60. The molecule has 2 heterocycles. The Kier molecular flexibility index (Phi) is 3.61. The smallest absolute Gasteiger partial charge is 0.407 e. The SMILES string of the molecule is CC(CN1CC2CC1CN2C(=O)O)c1ccc(Cl)cc1. The van der Waals surface area contributed by atoms with E-state index in [2.05, 4.69) is 24.0 Å². The monoisotopic (exact) mass is 294 g/mol. The number of rotatable bonds is 3. The van der Waals surface area contributed by atoms with E-state index in [-0.39, 0.29) is 6.04 Å². The molecule has 0 aromatic heterocycles. The summed E-state index contributed by atoms with van der Waals surface area (Å²) in [5.41, 5.74) is 1.28. The average Bonchev–Trinajstić information content (AvgIpc) is 2.99. The number of carboxylic acid groups (broad SMARTS) is 1. The highest BCUT2D eigenvalue weighted by Crippen LogP contribution is 2.32. The summed E-state index contributed by atoms with van der Waals surface area (Å²) >= 11 is 5.91. The van der Waals surface area contributed by atoms with Crippen LogP contribution in [0.5, 0.6) is 0 Å². The highest BCUT2D eigenvalue weighted by molar-refractivity contribution is 6.30. The first-order valence-electron chi connectivity index (χ1n) is 7.03. The van der Waals surface area contributed by atoms with Crippen LogP contribution < -0.4 is 0 Å². The van der Waals surface area contributed by atoms with Crippen LogP contribution in [0.3, 0.4) is 0 Å². The van der Waals surface area contributed by atoms with E-state index in [0.29, 0.717) is 18.5 Å². The molecule has 2 aliphatic heterocycles. The van der Waals surface area contributed by atoms with Crippen LogP contribution >= 0.6 is 11.6 Å². The first kappa shape index (κ1) is 13.7. The van der Waals surface area contributed by atoms with Crippen molar-refractivity contribution in [1.29, 1.82) is 0 Å². The Labute approximate surface area is 123 Å². The average molecular weight is 295 g/mol. The van der Waals surface area contributed by atoms with Crippen molar-refractivity contribution >= 4 is 17.7 Å². The van der Waals surface area contributed by atoms with Crippen molar-refractivity contribution in [2.24, 2.45) is 0 Å². The lowest BCUT2D eigenvalue weighted by atomic mass is 10.0. The Bertz CT molecular complexity index is 505. The fraction of sp³-hybridized carbons (Fsp3) is 0.533. The summed E-state index contributed by atoms with van der Waals surface area (Å²) in [6.07, 6.45) is 0.211. The maximum absolute atomic E-state index is 11.1. The zero-order valence-electron chi connectivity index (χ0n) is 11.5. The van der Waals surface area contributed by atoms with Gasteiger partial charge in [-0.15, -0.1) is 0 Å². The van der Waals surface area contributed by atoms with Gasteiger partial charge in [-0.3, -0.25) is 4.90 Å². The third-order valence-corrected chi connectivity index (χ3v) is 4.80. The van der Waals surface area contributed by atoms with Crippen molar-refractivity contribution in [1.82, 2.24) is 9.80 Å². The highest BCUT2D eigenvalue weighted by Gasteiger charge is 2.45.